The zero-order valence-electron chi connectivity index (χ0n) is 13.0. The van der Waals surface area contributed by atoms with Crippen LogP contribution in [-0.2, 0) is 19.5 Å². The maximum absolute atomic E-state index is 8.92. The van der Waals surface area contributed by atoms with Gasteiger partial charge < -0.3 is 10.1 Å². The van der Waals surface area contributed by atoms with E-state index in [9.17, 15) is 0 Å². The van der Waals surface area contributed by atoms with E-state index in [1.165, 1.54) is 11.1 Å². The molecule has 3 heteroatoms. The summed E-state index contributed by atoms with van der Waals surface area (Å²) in [6.45, 7) is 5.80. The van der Waals surface area contributed by atoms with Crippen molar-refractivity contribution in [3.05, 3.63) is 64.7 Å². The highest BCUT2D eigenvalue weighted by Crippen LogP contribution is 2.35. The molecule has 0 amide bonds. The minimum Gasteiger partial charge on any atom is -0.487 e. The minimum atomic E-state index is -0.0912. The van der Waals surface area contributed by atoms with Crippen LogP contribution >= 0.6 is 0 Å². The van der Waals surface area contributed by atoms with E-state index in [-0.39, 0.29) is 5.60 Å². The van der Waals surface area contributed by atoms with Crippen LogP contribution in [0.1, 0.15) is 36.1 Å². The fourth-order valence-electron chi connectivity index (χ4n) is 2.87. The molecule has 112 valence electrons. The summed E-state index contributed by atoms with van der Waals surface area (Å²) in [6, 6.07) is 16.3. The average Bonchev–Trinajstić information content (AvgIpc) is 2.80. The predicted octanol–water partition coefficient (Wildman–Crippen LogP) is 3.56. The predicted molar refractivity (Wildman–Crippen MR) is 86.6 cm³/mol. The van der Waals surface area contributed by atoms with Crippen molar-refractivity contribution in [1.82, 2.24) is 5.32 Å². The van der Waals surface area contributed by atoms with Crippen LogP contribution < -0.4 is 10.1 Å². The molecule has 1 N–H and O–H groups in total. The number of fused-ring (bicyclic) bond motifs is 1. The molecule has 0 fully saturated rings. The molecule has 0 unspecified atom stereocenters. The van der Waals surface area contributed by atoms with Crippen molar-refractivity contribution in [2.75, 3.05) is 0 Å². The molecule has 3 nitrogen and oxygen atoms in total. The summed E-state index contributed by atoms with van der Waals surface area (Å²) in [5, 5.41) is 12.3. The lowest BCUT2D eigenvalue weighted by Gasteiger charge is -2.16. The number of hydrogen-bond donors (Lipinski definition) is 1. The number of ether oxygens (including phenoxy) is 1. The lowest BCUT2D eigenvalue weighted by molar-refractivity contribution is 0.138. The van der Waals surface area contributed by atoms with Crippen LogP contribution in [0.25, 0.3) is 0 Å². The third-order valence-corrected chi connectivity index (χ3v) is 3.84. The van der Waals surface area contributed by atoms with Gasteiger partial charge in [0.15, 0.2) is 0 Å². The summed E-state index contributed by atoms with van der Waals surface area (Å²) in [4.78, 5) is 0. The van der Waals surface area contributed by atoms with E-state index >= 15 is 0 Å². The standard InChI is InChI=1S/C19H20N2O/c1-19(2)10-17-9-16(6-7-18(17)22-19)13-21-12-15-5-3-4-14(8-15)11-20/h3-9,21H,10,12-13H2,1-2H3. The van der Waals surface area contributed by atoms with Gasteiger partial charge in [0.25, 0.3) is 0 Å². The highest BCUT2D eigenvalue weighted by Gasteiger charge is 2.29. The molecular weight excluding hydrogens is 272 g/mol. The summed E-state index contributed by atoms with van der Waals surface area (Å²) in [6.07, 6.45) is 0.959. The zero-order chi connectivity index (χ0) is 15.6. The van der Waals surface area contributed by atoms with Crippen molar-refractivity contribution in [1.29, 1.82) is 5.26 Å². The molecule has 1 aliphatic rings. The van der Waals surface area contributed by atoms with E-state index in [1.54, 1.807) is 0 Å². The van der Waals surface area contributed by atoms with Gasteiger partial charge in [0.1, 0.15) is 11.4 Å². The minimum absolute atomic E-state index is 0.0912. The molecule has 2 aromatic carbocycles. The van der Waals surface area contributed by atoms with Gasteiger partial charge in [-0.3, -0.25) is 0 Å². The van der Waals surface area contributed by atoms with Gasteiger partial charge in [-0.25, -0.2) is 0 Å². The fraction of sp³-hybridized carbons (Fsp3) is 0.316. The van der Waals surface area contributed by atoms with Crippen LogP contribution in [0.2, 0.25) is 0 Å². The van der Waals surface area contributed by atoms with Crippen LogP contribution in [0.5, 0.6) is 5.75 Å². The summed E-state index contributed by atoms with van der Waals surface area (Å²) < 4.78 is 5.90. The van der Waals surface area contributed by atoms with E-state index in [0.29, 0.717) is 5.56 Å². The van der Waals surface area contributed by atoms with Gasteiger partial charge in [-0.1, -0.05) is 24.3 Å². The quantitative estimate of drug-likeness (QED) is 0.937. The first kappa shape index (κ1) is 14.6. The number of nitrogens with one attached hydrogen (secondary N) is 1. The van der Waals surface area contributed by atoms with Crippen molar-refractivity contribution in [3.63, 3.8) is 0 Å². The Morgan fingerprint density at radius 1 is 1.14 bits per heavy atom. The molecule has 1 heterocycles. The van der Waals surface area contributed by atoms with Gasteiger partial charge in [0, 0.05) is 19.5 Å². The third kappa shape index (κ3) is 3.29. The second-order valence-corrected chi connectivity index (χ2v) is 6.40. The first-order valence-corrected chi connectivity index (χ1v) is 7.56. The molecule has 0 saturated carbocycles. The number of nitrogens with zero attached hydrogens (tertiary/aromatic N) is 1. The van der Waals surface area contributed by atoms with Gasteiger partial charge in [-0.2, -0.15) is 5.26 Å². The van der Waals surface area contributed by atoms with Crippen molar-refractivity contribution in [3.8, 4) is 11.8 Å². The van der Waals surface area contributed by atoms with Crippen LogP contribution in [-0.4, -0.2) is 5.60 Å². The van der Waals surface area contributed by atoms with E-state index < -0.39 is 0 Å². The largest absolute Gasteiger partial charge is 0.487 e. The van der Waals surface area contributed by atoms with E-state index in [1.807, 2.05) is 24.3 Å². The fourth-order valence-corrected chi connectivity index (χ4v) is 2.87. The molecule has 3 rings (SSSR count). The van der Waals surface area contributed by atoms with Crippen LogP contribution in [0, 0.1) is 11.3 Å². The summed E-state index contributed by atoms with van der Waals surface area (Å²) in [5.41, 5.74) is 4.29. The first-order chi connectivity index (χ1) is 10.6. The van der Waals surface area contributed by atoms with Gasteiger partial charge >= 0.3 is 0 Å². The zero-order valence-corrected chi connectivity index (χ0v) is 13.0. The normalized spacial score (nSPS) is 15.0. The molecule has 0 aliphatic carbocycles. The molecule has 0 saturated heterocycles. The summed E-state index contributed by atoms with van der Waals surface area (Å²) in [5.74, 6) is 1.01. The molecule has 22 heavy (non-hydrogen) atoms. The van der Waals surface area contributed by atoms with Crippen molar-refractivity contribution >= 4 is 0 Å². The number of benzene rings is 2. The molecule has 0 atom stereocenters. The maximum Gasteiger partial charge on any atom is 0.123 e. The van der Waals surface area contributed by atoms with Gasteiger partial charge in [-0.15, -0.1) is 0 Å². The third-order valence-electron chi connectivity index (χ3n) is 3.84. The highest BCUT2D eigenvalue weighted by atomic mass is 16.5. The molecule has 1 aliphatic heterocycles. The molecule has 0 spiro atoms. The van der Waals surface area contributed by atoms with Crippen LogP contribution in [0.4, 0.5) is 0 Å². The molecule has 2 aromatic rings. The maximum atomic E-state index is 8.92. The molecule has 0 bridgehead atoms. The van der Waals surface area contributed by atoms with Gasteiger partial charge in [0.05, 0.1) is 11.6 Å². The van der Waals surface area contributed by atoms with Crippen molar-refractivity contribution in [2.24, 2.45) is 0 Å². The summed E-state index contributed by atoms with van der Waals surface area (Å²) in [7, 11) is 0. The van der Waals surface area contributed by atoms with Gasteiger partial charge in [0.2, 0.25) is 0 Å². The Labute approximate surface area is 131 Å². The topological polar surface area (TPSA) is 45.0 Å². The van der Waals surface area contributed by atoms with Crippen molar-refractivity contribution < 1.29 is 4.74 Å². The second kappa shape index (κ2) is 5.82. The Kier molecular flexibility index (Phi) is 3.87. The van der Waals surface area contributed by atoms with E-state index in [0.717, 1.165) is 30.8 Å². The second-order valence-electron chi connectivity index (χ2n) is 6.40. The Hall–Kier alpha value is -2.31. The Morgan fingerprint density at radius 3 is 2.68 bits per heavy atom. The average molecular weight is 292 g/mol. The highest BCUT2D eigenvalue weighted by molar-refractivity contribution is 5.41. The number of nitriles is 1. The first-order valence-electron chi connectivity index (χ1n) is 7.56. The number of rotatable bonds is 4. The molecule has 0 radical (unpaired) electrons. The Morgan fingerprint density at radius 2 is 1.91 bits per heavy atom. The number of hydrogen-bond acceptors (Lipinski definition) is 3. The SMILES string of the molecule is CC1(C)Cc2cc(CNCc3cccc(C#N)c3)ccc2O1. The Bertz CT molecular complexity index is 728. The van der Waals surface area contributed by atoms with E-state index in [2.05, 4.69) is 43.4 Å². The Balaban J connectivity index is 1.60. The monoisotopic (exact) mass is 292 g/mol. The van der Waals surface area contributed by atoms with E-state index in [4.69, 9.17) is 10.00 Å². The van der Waals surface area contributed by atoms with Crippen LogP contribution in [0.15, 0.2) is 42.5 Å². The molecular formula is C19H20N2O. The smallest absolute Gasteiger partial charge is 0.123 e. The lowest BCUT2D eigenvalue weighted by Crippen LogP contribution is -2.24. The summed E-state index contributed by atoms with van der Waals surface area (Å²) >= 11 is 0. The van der Waals surface area contributed by atoms with Crippen LogP contribution in [0.3, 0.4) is 0 Å². The lowest BCUT2D eigenvalue weighted by atomic mass is 10.0. The molecule has 0 aromatic heterocycles. The van der Waals surface area contributed by atoms with Crippen molar-refractivity contribution in [2.45, 2.75) is 39.0 Å². The van der Waals surface area contributed by atoms with Gasteiger partial charge in [-0.05, 0) is 48.7 Å².